The fourth-order valence-corrected chi connectivity index (χ4v) is 5.58. The highest BCUT2D eigenvalue weighted by Crippen LogP contribution is 2.33. The molecule has 8 nitrogen and oxygen atoms in total. The van der Waals surface area contributed by atoms with E-state index in [-0.39, 0.29) is 21.2 Å². The van der Waals surface area contributed by atoms with Crippen LogP contribution in [0.2, 0.25) is 0 Å². The van der Waals surface area contributed by atoms with Crippen molar-refractivity contribution in [1.29, 1.82) is 0 Å². The van der Waals surface area contributed by atoms with Crippen molar-refractivity contribution in [3.63, 3.8) is 0 Å². The van der Waals surface area contributed by atoms with E-state index < -0.39 is 27.9 Å². The lowest BCUT2D eigenvalue weighted by molar-refractivity contribution is 0.0846. The maximum absolute atomic E-state index is 12.7. The van der Waals surface area contributed by atoms with Crippen LogP contribution in [0.3, 0.4) is 0 Å². The number of nitrogens with one attached hydrogen (secondary N) is 1. The van der Waals surface area contributed by atoms with Crippen LogP contribution in [0.1, 0.15) is 34.6 Å². The van der Waals surface area contributed by atoms with Gasteiger partial charge in [0.05, 0.1) is 5.56 Å². The molecule has 1 aromatic heterocycles. The van der Waals surface area contributed by atoms with Gasteiger partial charge in [0.15, 0.2) is 0 Å². The molecule has 4 rings (SSSR count). The van der Waals surface area contributed by atoms with Crippen LogP contribution in [0.4, 0.5) is 5.13 Å². The number of hydrogen-bond donors (Lipinski definition) is 1. The molecular weight excluding hydrogens is 412 g/mol. The van der Waals surface area contributed by atoms with Gasteiger partial charge in [-0.1, -0.05) is 41.7 Å². The standard InChI is InChI=1S/C19H16N4O4S2/c1-11(2)23-18(25)14-9-8-13(10-15(14)29(23,26)27)16(24)20-19-22-21-17(28-19)12-6-4-3-5-7-12/h3-11H,1-2H3,(H,20,22,24). The van der Waals surface area contributed by atoms with Crippen molar-refractivity contribution in [3.05, 3.63) is 59.7 Å². The van der Waals surface area contributed by atoms with Crippen molar-refractivity contribution in [2.24, 2.45) is 0 Å². The van der Waals surface area contributed by atoms with Crippen molar-refractivity contribution in [3.8, 4) is 10.6 Å². The second-order valence-corrected chi connectivity index (χ2v) is 9.40. The molecule has 0 fully saturated rings. The molecule has 10 heteroatoms. The second kappa shape index (κ2) is 7.05. The van der Waals surface area contributed by atoms with Gasteiger partial charge in [0.1, 0.15) is 9.90 Å². The number of carbonyl (C=O) groups is 2. The van der Waals surface area contributed by atoms with Crippen molar-refractivity contribution in [2.75, 3.05) is 5.32 Å². The average molecular weight is 428 g/mol. The fourth-order valence-electron chi connectivity index (χ4n) is 3.04. The summed E-state index contributed by atoms with van der Waals surface area (Å²) >= 11 is 1.20. The van der Waals surface area contributed by atoms with Crippen molar-refractivity contribution >= 4 is 38.3 Å². The van der Waals surface area contributed by atoms with Crippen LogP contribution >= 0.6 is 11.3 Å². The number of hydrogen-bond acceptors (Lipinski definition) is 7. The molecular formula is C19H16N4O4S2. The normalized spacial score (nSPS) is 14.9. The zero-order valence-corrected chi connectivity index (χ0v) is 17.1. The van der Waals surface area contributed by atoms with Gasteiger partial charge in [-0.2, -0.15) is 0 Å². The molecule has 0 saturated carbocycles. The van der Waals surface area contributed by atoms with Gasteiger partial charge in [-0.15, -0.1) is 10.2 Å². The summed E-state index contributed by atoms with van der Waals surface area (Å²) in [5.41, 5.74) is 1.06. The Morgan fingerprint density at radius 3 is 2.52 bits per heavy atom. The first-order valence-electron chi connectivity index (χ1n) is 8.72. The summed E-state index contributed by atoms with van der Waals surface area (Å²) in [5, 5.41) is 11.6. The predicted molar refractivity (Wildman–Crippen MR) is 108 cm³/mol. The van der Waals surface area contributed by atoms with E-state index in [1.807, 2.05) is 30.3 Å². The quantitative estimate of drug-likeness (QED) is 0.684. The number of amides is 2. The lowest BCUT2D eigenvalue weighted by Gasteiger charge is -2.18. The van der Waals surface area contributed by atoms with E-state index >= 15 is 0 Å². The summed E-state index contributed by atoms with van der Waals surface area (Å²) in [6.07, 6.45) is 0. The maximum atomic E-state index is 12.7. The Bertz CT molecular complexity index is 1220. The van der Waals surface area contributed by atoms with Gasteiger partial charge in [0, 0.05) is 17.2 Å². The first kappa shape index (κ1) is 19.2. The summed E-state index contributed by atoms with van der Waals surface area (Å²) in [4.78, 5) is 24.8. The molecule has 0 bridgehead atoms. The highest BCUT2D eigenvalue weighted by molar-refractivity contribution is 7.90. The minimum Gasteiger partial charge on any atom is -0.296 e. The van der Waals surface area contributed by atoms with Gasteiger partial charge >= 0.3 is 0 Å². The molecule has 0 aliphatic carbocycles. The van der Waals surface area contributed by atoms with E-state index in [4.69, 9.17) is 0 Å². The van der Waals surface area contributed by atoms with E-state index in [1.165, 1.54) is 29.5 Å². The van der Waals surface area contributed by atoms with Gasteiger partial charge < -0.3 is 0 Å². The molecule has 2 amide bonds. The number of benzene rings is 2. The average Bonchev–Trinajstić information content (AvgIpc) is 3.23. The molecule has 2 aromatic carbocycles. The van der Waals surface area contributed by atoms with E-state index in [2.05, 4.69) is 15.5 Å². The van der Waals surface area contributed by atoms with Crippen LogP contribution in [0.25, 0.3) is 10.6 Å². The fraction of sp³-hybridized carbons (Fsp3) is 0.158. The zero-order valence-electron chi connectivity index (χ0n) is 15.5. The van der Waals surface area contributed by atoms with E-state index in [0.717, 1.165) is 9.87 Å². The monoisotopic (exact) mass is 428 g/mol. The molecule has 0 radical (unpaired) electrons. The van der Waals surface area contributed by atoms with Crippen molar-refractivity contribution < 1.29 is 18.0 Å². The summed E-state index contributed by atoms with van der Waals surface area (Å²) in [6, 6.07) is 12.9. The Morgan fingerprint density at radius 1 is 1.10 bits per heavy atom. The van der Waals surface area contributed by atoms with Gasteiger partial charge in [-0.3, -0.25) is 14.9 Å². The van der Waals surface area contributed by atoms with Crippen LogP contribution in [0, 0.1) is 0 Å². The molecule has 3 aromatic rings. The minimum atomic E-state index is -3.98. The third-order valence-electron chi connectivity index (χ3n) is 4.35. The van der Waals surface area contributed by atoms with Crippen LogP contribution in [-0.2, 0) is 10.0 Å². The van der Waals surface area contributed by atoms with E-state index in [1.54, 1.807) is 13.8 Å². The van der Waals surface area contributed by atoms with Crippen LogP contribution in [0.5, 0.6) is 0 Å². The number of rotatable bonds is 4. The molecule has 1 N–H and O–H groups in total. The summed E-state index contributed by atoms with van der Waals surface area (Å²) in [5.74, 6) is -1.12. The van der Waals surface area contributed by atoms with Crippen molar-refractivity contribution in [2.45, 2.75) is 24.8 Å². The first-order chi connectivity index (χ1) is 13.8. The van der Waals surface area contributed by atoms with E-state index in [9.17, 15) is 18.0 Å². The molecule has 2 heterocycles. The molecule has 29 heavy (non-hydrogen) atoms. The Balaban J connectivity index is 1.60. The molecule has 148 valence electrons. The summed E-state index contributed by atoms with van der Waals surface area (Å²) in [7, 11) is -3.98. The number of nitrogens with zero attached hydrogens (tertiary/aromatic N) is 3. The molecule has 0 unspecified atom stereocenters. The van der Waals surface area contributed by atoms with Gasteiger partial charge in [0.2, 0.25) is 5.13 Å². The van der Waals surface area contributed by atoms with Crippen molar-refractivity contribution in [1.82, 2.24) is 14.5 Å². The molecule has 0 spiro atoms. The smallest absolute Gasteiger partial charge is 0.269 e. The molecule has 0 saturated heterocycles. The first-order valence-corrected chi connectivity index (χ1v) is 11.0. The lowest BCUT2D eigenvalue weighted by atomic mass is 10.1. The predicted octanol–water partition coefficient (Wildman–Crippen LogP) is 3.01. The lowest BCUT2D eigenvalue weighted by Crippen LogP contribution is -2.36. The third kappa shape index (κ3) is 3.30. The summed E-state index contributed by atoms with van der Waals surface area (Å²) < 4.78 is 26.2. The number of aromatic nitrogens is 2. The minimum absolute atomic E-state index is 0.0672. The number of carbonyl (C=O) groups excluding carboxylic acids is 2. The highest BCUT2D eigenvalue weighted by Gasteiger charge is 2.42. The van der Waals surface area contributed by atoms with Crippen LogP contribution < -0.4 is 5.32 Å². The second-order valence-electron chi connectivity index (χ2n) is 6.64. The SMILES string of the molecule is CC(C)N1C(=O)c2ccc(C(=O)Nc3nnc(-c4ccccc4)s3)cc2S1(=O)=O. The Labute approximate surface area is 171 Å². The van der Waals surface area contributed by atoms with E-state index in [0.29, 0.717) is 5.01 Å². The number of fused-ring (bicyclic) bond motifs is 1. The number of sulfonamides is 1. The maximum Gasteiger partial charge on any atom is 0.269 e. The number of anilines is 1. The van der Waals surface area contributed by atoms with Gasteiger partial charge in [-0.05, 0) is 32.0 Å². The van der Waals surface area contributed by atoms with Crippen LogP contribution in [-0.4, -0.2) is 40.8 Å². The van der Waals surface area contributed by atoms with Gasteiger partial charge in [0.25, 0.3) is 21.8 Å². The Kier molecular flexibility index (Phi) is 4.67. The van der Waals surface area contributed by atoms with Gasteiger partial charge in [-0.25, -0.2) is 12.7 Å². The molecule has 0 atom stereocenters. The zero-order chi connectivity index (χ0) is 20.8. The topological polar surface area (TPSA) is 109 Å². The summed E-state index contributed by atoms with van der Waals surface area (Å²) in [6.45, 7) is 3.24. The Morgan fingerprint density at radius 2 is 1.83 bits per heavy atom. The molecule has 1 aliphatic heterocycles. The largest absolute Gasteiger partial charge is 0.296 e. The Hall–Kier alpha value is -3.11. The third-order valence-corrected chi connectivity index (χ3v) is 7.23. The highest BCUT2D eigenvalue weighted by atomic mass is 32.2. The van der Waals surface area contributed by atoms with Crippen LogP contribution in [0.15, 0.2) is 53.4 Å². The molecule has 1 aliphatic rings.